The Balaban J connectivity index is 4.44. The van der Waals surface area contributed by atoms with Crippen LogP contribution in [0.5, 0.6) is 0 Å². The Kier molecular flexibility index (Phi) is 29.1. The minimum absolute atomic E-state index is 0.0370. The number of carboxylic acid groups (broad SMARTS) is 1. The minimum Gasteiger partial charge on any atom is -0.544 e. The van der Waals surface area contributed by atoms with Gasteiger partial charge in [0.1, 0.15) is 12.6 Å². The minimum atomic E-state index is -1.13. The number of hydrogen-bond donors (Lipinski definition) is 0. The number of rotatable bonds is 33. The third kappa shape index (κ3) is 28.3. The number of allylic oxidation sites excluding steroid dienone is 2. The number of likely N-dealkylation sites (N-methyl/N-ethyl adjacent to an activating group) is 1. The number of quaternary nitrogens is 1. The molecule has 46 heavy (non-hydrogen) atoms. The van der Waals surface area contributed by atoms with E-state index in [0.717, 1.165) is 32.1 Å². The zero-order valence-corrected chi connectivity index (χ0v) is 30.5. The highest BCUT2D eigenvalue weighted by atomic mass is 16.6. The highest BCUT2D eigenvalue weighted by Crippen LogP contribution is 2.14. The maximum absolute atomic E-state index is 12.6. The van der Waals surface area contributed by atoms with E-state index < -0.39 is 18.1 Å². The molecule has 0 aliphatic carbocycles. The maximum Gasteiger partial charge on any atom is 0.306 e. The molecule has 0 fully saturated rings. The molecule has 8 heteroatoms. The van der Waals surface area contributed by atoms with Crippen LogP contribution in [0.4, 0.5) is 0 Å². The molecule has 0 aliphatic heterocycles. The average Bonchev–Trinajstić information content (AvgIpc) is 3.00. The third-order valence-electron chi connectivity index (χ3n) is 8.40. The predicted octanol–water partition coefficient (Wildman–Crippen LogP) is 7.85. The molecule has 0 spiro atoms. The van der Waals surface area contributed by atoms with Gasteiger partial charge in [-0.15, -0.1) is 0 Å². The van der Waals surface area contributed by atoms with Crippen molar-refractivity contribution in [3.63, 3.8) is 0 Å². The smallest absolute Gasteiger partial charge is 0.306 e. The number of carboxylic acids is 1. The van der Waals surface area contributed by atoms with Gasteiger partial charge in [0, 0.05) is 19.3 Å². The summed E-state index contributed by atoms with van der Waals surface area (Å²) in [7, 11) is 5.39. The number of esters is 2. The number of nitrogens with zero attached hydrogens (tertiary/aromatic N) is 1. The molecule has 2 atom stereocenters. The largest absolute Gasteiger partial charge is 0.544 e. The van der Waals surface area contributed by atoms with E-state index in [1.807, 2.05) is 0 Å². The number of carbonyl (C=O) groups is 3. The summed E-state index contributed by atoms with van der Waals surface area (Å²) in [6.45, 7) is 4.59. The Morgan fingerprint density at radius 2 is 1.11 bits per heavy atom. The fourth-order valence-corrected chi connectivity index (χ4v) is 5.43. The van der Waals surface area contributed by atoms with Gasteiger partial charge in [0.2, 0.25) is 0 Å². The highest BCUT2D eigenvalue weighted by Gasteiger charge is 2.25. The van der Waals surface area contributed by atoms with Crippen LogP contribution >= 0.6 is 0 Å². The molecule has 8 nitrogen and oxygen atoms in total. The van der Waals surface area contributed by atoms with Crippen molar-refractivity contribution in [2.24, 2.45) is 0 Å². The van der Waals surface area contributed by atoms with Crippen molar-refractivity contribution in [2.75, 3.05) is 41.0 Å². The molecule has 270 valence electrons. The van der Waals surface area contributed by atoms with E-state index in [2.05, 4.69) is 26.0 Å². The first-order chi connectivity index (χ1) is 22.1. The molecule has 0 heterocycles. The molecule has 0 saturated carbocycles. The fourth-order valence-electron chi connectivity index (χ4n) is 5.43. The van der Waals surface area contributed by atoms with Crippen LogP contribution in [0, 0.1) is 0 Å². The lowest BCUT2D eigenvalue weighted by Gasteiger charge is -2.34. The number of carbonyl (C=O) groups excluding carboxylic acids is 3. The summed E-state index contributed by atoms with van der Waals surface area (Å²) >= 11 is 0. The van der Waals surface area contributed by atoms with Gasteiger partial charge in [-0.3, -0.25) is 9.59 Å². The molecular weight excluding hydrogens is 582 g/mol. The second-order valence-electron chi connectivity index (χ2n) is 13.8. The van der Waals surface area contributed by atoms with Gasteiger partial charge >= 0.3 is 11.9 Å². The lowest BCUT2D eigenvalue weighted by atomic mass is 10.0. The molecule has 0 aliphatic rings. The van der Waals surface area contributed by atoms with Crippen molar-refractivity contribution in [3.8, 4) is 0 Å². The van der Waals surface area contributed by atoms with Gasteiger partial charge in [0.05, 0.1) is 40.3 Å². The monoisotopic (exact) mass is 654 g/mol. The number of hydrogen-bond acceptors (Lipinski definition) is 7. The number of unbranched alkanes of at least 4 members (excludes halogenated alkanes) is 17. The van der Waals surface area contributed by atoms with E-state index in [9.17, 15) is 19.5 Å². The zero-order chi connectivity index (χ0) is 34.3. The summed E-state index contributed by atoms with van der Waals surface area (Å²) in [6.07, 6.45) is 28.1. The van der Waals surface area contributed by atoms with E-state index in [4.69, 9.17) is 14.2 Å². The van der Waals surface area contributed by atoms with Gasteiger partial charge in [0.15, 0.2) is 6.10 Å². The Labute approximate surface area is 282 Å². The van der Waals surface area contributed by atoms with E-state index in [1.165, 1.54) is 89.9 Å². The van der Waals surface area contributed by atoms with E-state index >= 15 is 0 Å². The van der Waals surface area contributed by atoms with E-state index in [-0.39, 0.29) is 42.7 Å². The van der Waals surface area contributed by atoms with Crippen LogP contribution in [0.15, 0.2) is 12.2 Å². The lowest BCUT2D eigenvalue weighted by Crippen LogP contribution is -2.55. The molecule has 0 bridgehead atoms. The lowest BCUT2D eigenvalue weighted by molar-refractivity contribution is -0.889. The molecule has 2 unspecified atom stereocenters. The van der Waals surface area contributed by atoms with E-state index in [1.54, 1.807) is 21.1 Å². The van der Waals surface area contributed by atoms with Gasteiger partial charge in [-0.1, -0.05) is 122 Å². The molecular formula is C38H71NO7. The Hall–Kier alpha value is -1.93. The van der Waals surface area contributed by atoms with Gasteiger partial charge in [-0.25, -0.2) is 0 Å². The van der Waals surface area contributed by atoms with Crippen LogP contribution < -0.4 is 5.11 Å². The highest BCUT2D eigenvalue weighted by molar-refractivity contribution is 5.70. The third-order valence-corrected chi connectivity index (χ3v) is 8.40. The SMILES string of the molecule is CCCCCC/C=C/CCCC(=O)OCC(COCCC(C(=O)[O-])[N+](C)(C)C)OC(=O)CCCCCCCCCCCCCCC. The topological polar surface area (TPSA) is 102 Å². The first-order valence-corrected chi connectivity index (χ1v) is 18.7. The Morgan fingerprint density at radius 1 is 0.630 bits per heavy atom. The van der Waals surface area contributed by atoms with Crippen LogP contribution in [-0.2, 0) is 28.6 Å². The number of ether oxygens (including phenoxy) is 3. The van der Waals surface area contributed by atoms with Gasteiger partial charge in [-0.2, -0.15) is 0 Å². The second kappa shape index (κ2) is 30.4. The average molecular weight is 654 g/mol. The molecule has 0 aromatic carbocycles. The normalized spacial score (nSPS) is 13.2. The van der Waals surface area contributed by atoms with Crippen LogP contribution in [0.1, 0.15) is 162 Å². The fraction of sp³-hybridized carbons (Fsp3) is 0.868. The van der Waals surface area contributed by atoms with E-state index in [0.29, 0.717) is 19.3 Å². The summed E-state index contributed by atoms with van der Waals surface area (Å²) in [6, 6.07) is -0.722. The van der Waals surface area contributed by atoms with Crippen molar-refractivity contribution >= 4 is 17.9 Å². The quantitative estimate of drug-likeness (QED) is 0.0308. The second-order valence-corrected chi connectivity index (χ2v) is 13.8. The van der Waals surface area contributed by atoms with Crippen molar-refractivity contribution in [2.45, 2.75) is 174 Å². The van der Waals surface area contributed by atoms with Gasteiger partial charge in [0.25, 0.3) is 0 Å². The van der Waals surface area contributed by atoms with Crippen LogP contribution in [-0.4, -0.2) is 75.5 Å². The summed E-state index contributed by atoms with van der Waals surface area (Å²) in [5.41, 5.74) is 0. The molecule has 0 N–H and O–H groups in total. The van der Waals surface area contributed by atoms with Crippen molar-refractivity contribution < 1.29 is 38.2 Å². The Bertz CT molecular complexity index is 778. The summed E-state index contributed by atoms with van der Waals surface area (Å²) in [5.74, 6) is -1.77. The summed E-state index contributed by atoms with van der Waals surface area (Å²) in [4.78, 5) is 36.5. The summed E-state index contributed by atoms with van der Waals surface area (Å²) < 4.78 is 17.0. The van der Waals surface area contributed by atoms with Crippen LogP contribution in [0.2, 0.25) is 0 Å². The summed E-state index contributed by atoms with van der Waals surface area (Å²) in [5, 5.41) is 11.5. The molecule has 0 aromatic rings. The van der Waals surface area contributed by atoms with Crippen LogP contribution in [0.25, 0.3) is 0 Å². The van der Waals surface area contributed by atoms with Crippen molar-refractivity contribution in [1.82, 2.24) is 0 Å². The Morgan fingerprint density at radius 3 is 1.63 bits per heavy atom. The molecule has 0 aromatic heterocycles. The van der Waals surface area contributed by atoms with Crippen molar-refractivity contribution in [1.29, 1.82) is 0 Å². The molecule has 0 rings (SSSR count). The van der Waals surface area contributed by atoms with Crippen LogP contribution in [0.3, 0.4) is 0 Å². The first kappa shape index (κ1) is 44.1. The standard InChI is InChI=1S/C38H71NO7/c1-6-8-10-12-14-16-17-18-19-21-23-25-27-29-37(41)46-34(32-44-31-30-35(38(42)43)39(3,4)5)33-45-36(40)28-26-24-22-20-15-13-11-9-7-2/h20,22,34-35H,6-19,21,23-33H2,1-5H3/b22-20+. The van der Waals surface area contributed by atoms with Crippen molar-refractivity contribution in [3.05, 3.63) is 12.2 Å². The first-order valence-electron chi connectivity index (χ1n) is 18.7. The van der Waals surface area contributed by atoms with Gasteiger partial charge < -0.3 is 28.6 Å². The molecule has 0 amide bonds. The molecule has 0 radical (unpaired) electrons. The molecule has 0 saturated heterocycles. The zero-order valence-electron chi connectivity index (χ0n) is 30.5. The van der Waals surface area contributed by atoms with Gasteiger partial charge in [-0.05, 0) is 32.1 Å². The number of aliphatic carboxylic acids is 1. The maximum atomic E-state index is 12.6. The predicted molar refractivity (Wildman–Crippen MR) is 185 cm³/mol.